The van der Waals surface area contributed by atoms with Gasteiger partial charge in [0, 0.05) is 29.9 Å². The minimum atomic E-state index is -0.379. The van der Waals surface area contributed by atoms with E-state index in [1.54, 1.807) is 47.3 Å². The average Bonchev–Trinajstić information content (AvgIpc) is 3.10. The van der Waals surface area contributed by atoms with Crippen LogP contribution in [0.15, 0.2) is 60.9 Å². The van der Waals surface area contributed by atoms with Crippen LogP contribution >= 0.6 is 0 Å². The summed E-state index contributed by atoms with van der Waals surface area (Å²) in [6.07, 6.45) is 4.54. The Balaban J connectivity index is 1.73. The molecular weight excluding hydrogens is 405 g/mol. The van der Waals surface area contributed by atoms with Crippen molar-refractivity contribution in [3.8, 4) is 28.5 Å². The average molecular weight is 427 g/mol. The Morgan fingerprint density at radius 2 is 1.91 bits per heavy atom. The van der Waals surface area contributed by atoms with Gasteiger partial charge in [0.25, 0.3) is 0 Å². The summed E-state index contributed by atoms with van der Waals surface area (Å²) >= 11 is 0. The number of rotatable bonds is 3. The number of halogens is 1. The van der Waals surface area contributed by atoms with Gasteiger partial charge in [-0.3, -0.25) is 14.3 Å². The van der Waals surface area contributed by atoms with Gasteiger partial charge in [0.05, 0.1) is 11.4 Å². The number of hydrogen-bond acceptors (Lipinski definition) is 5. The number of pyridine rings is 2. The SMILES string of the molecule is CC1(C)CC(=O)c2ccc(-c3nc(-c4cccnc4)c(N)n3-c3cccc(F)c3)nc2C1. The van der Waals surface area contributed by atoms with Crippen molar-refractivity contribution in [3.63, 3.8) is 0 Å². The number of hydrogen-bond donors (Lipinski definition) is 1. The molecule has 0 spiro atoms. The van der Waals surface area contributed by atoms with E-state index in [1.165, 1.54) is 12.1 Å². The van der Waals surface area contributed by atoms with E-state index in [9.17, 15) is 9.18 Å². The number of benzene rings is 1. The fraction of sp³-hybridized carbons (Fsp3) is 0.200. The number of ketones is 1. The van der Waals surface area contributed by atoms with Crippen LogP contribution in [-0.4, -0.2) is 25.3 Å². The number of Topliss-reactive ketones (excluding diaryl/α,β-unsaturated/α-hetero) is 1. The molecule has 2 N–H and O–H groups in total. The van der Waals surface area contributed by atoms with E-state index in [-0.39, 0.29) is 17.0 Å². The van der Waals surface area contributed by atoms with Crippen molar-refractivity contribution in [1.29, 1.82) is 0 Å². The van der Waals surface area contributed by atoms with Gasteiger partial charge in [-0.15, -0.1) is 0 Å². The van der Waals surface area contributed by atoms with Crippen molar-refractivity contribution in [1.82, 2.24) is 19.5 Å². The first-order chi connectivity index (χ1) is 15.3. The van der Waals surface area contributed by atoms with Gasteiger partial charge in [-0.1, -0.05) is 19.9 Å². The molecule has 0 saturated carbocycles. The maximum absolute atomic E-state index is 14.1. The molecule has 3 heterocycles. The van der Waals surface area contributed by atoms with Gasteiger partial charge in [0.2, 0.25) is 0 Å². The lowest BCUT2D eigenvalue weighted by Crippen LogP contribution is -2.28. The molecule has 160 valence electrons. The van der Waals surface area contributed by atoms with Crippen LogP contribution in [0, 0.1) is 11.2 Å². The zero-order valence-corrected chi connectivity index (χ0v) is 17.8. The summed E-state index contributed by atoms with van der Waals surface area (Å²) in [5.41, 5.74) is 10.2. The normalized spacial score (nSPS) is 14.9. The molecule has 0 fully saturated rings. The largest absolute Gasteiger partial charge is 0.383 e. The summed E-state index contributed by atoms with van der Waals surface area (Å²) in [4.78, 5) is 26.4. The Kier molecular flexibility index (Phi) is 4.62. The lowest BCUT2D eigenvalue weighted by Gasteiger charge is -2.29. The first-order valence-electron chi connectivity index (χ1n) is 10.4. The molecule has 1 aromatic carbocycles. The minimum Gasteiger partial charge on any atom is -0.383 e. The zero-order valence-electron chi connectivity index (χ0n) is 17.8. The molecule has 0 radical (unpaired) electrons. The molecular formula is C25H22FN5O. The van der Waals surface area contributed by atoms with E-state index in [2.05, 4.69) is 18.8 Å². The van der Waals surface area contributed by atoms with Gasteiger partial charge < -0.3 is 5.73 Å². The molecule has 1 aliphatic rings. The van der Waals surface area contributed by atoms with E-state index in [4.69, 9.17) is 15.7 Å². The Labute approximate surface area is 185 Å². The third-order valence-electron chi connectivity index (χ3n) is 5.70. The van der Waals surface area contributed by atoms with Gasteiger partial charge in [-0.25, -0.2) is 14.4 Å². The minimum absolute atomic E-state index is 0.0966. The molecule has 4 aromatic rings. The van der Waals surface area contributed by atoms with Gasteiger partial charge >= 0.3 is 0 Å². The first kappa shape index (κ1) is 20.1. The predicted octanol–water partition coefficient (Wildman–Crippen LogP) is 4.87. The number of fused-ring (bicyclic) bond motifs is 1. The number of anilines is 1. The Bertz CT molecular complexity index is 1340. The molecule has 3 aromatic heterocycles. The lowest BCUT2D eigenvalue weighted by atomic mass is 9.75. The Hall–Kier alpha value is -3.87. The van der Waals surface area contributed by atoms with E-state index < -0.39 is 0 Å². The van der Waals surface area contributed by atoms with Gasteiger partial charge in [0.15, 0.2) is 11.6 Å². The summed E-state index contributed by atoms with van der Waals surface area (Å²) < 4.78 is 15.8. The van der Waals surface area contributed by atoms with Crippen molar-refractivity contribution in [2.24, 2.45) is 5.41 Å². The highest BCUT2D eigenvalue weighted by Crippen LogP contribution is 2.37. The fourth-order valence-electron chi connectivity index (χ4n) is 4.26. The molecule has 7 heteroatoms. The number of aromatic nitrogens is 4. The number of carbonyl (C=O) groups excluding carboxylic acids is 1. The highest BCUT2D eigenvalue weighted by molar-refractivity contribution is 5.98. The second-order valence-corrected chi connectivity index (χ2v) is 8.86. The van der Waals surface area contributed by atoms with Crippen LogP contribution in [-0.2, 0) is 6.42 Å². The third kappa shape index (κ3) is 3.45. The lowest BCUT2D eigenvalue weighted by molar-refractivity contribution is 0.0910. The van der Waals surface area contributed by atoms with Crippen molar-refractivity contribution < 1.29 is 9.18 Å². The van der Waals surface area contributed by atoms with Crippen LogP contribution in [0.25, 0.3) is 28.5 Å². The number of nitrogen functional groups attached to an aromatic ring is 1. The van der Waals surface area contributed by atoms with E-state index in [0.717, 1.165) is 11.3 Å². The van der Waals surface area contributed by atoms with Crippen molar-refractivity contribution in [3.05, 3.63) is 78.0 Å². The molecule has 0 unspecified atom stereocenters. The van der Waals surface area contributed by atoms with Crippen LogP contribution < -0.4 is 5.73 Å². The smallest absolute Gasteiger partial charge is 0.165 e. The van der Waals surface area contributed by atoms with Crippen LogP contribution in [0.3, 0.4) is 0 Å². The third-order valence-corrected chi connectivity index (χ3v) is 5.70. The maximum atomic E-state index is 14.1. The zero-order chi connectivity index (χ0) is 22.5. The number of nitrogens with two attached hydrogens (primary N) is 1. The van der Waals surface area contributed by atoms with Crippen molar-refractivity contribution in [2.45, 2.75) is 26.7 Å². The monoisotopic (exact) mass is 427 g/mol. The molecule has 0 aliphatic heterocycles. The highest BCUT2D eigenvalue weighted by Gasteiger charge is 2.32. The van der Waals surface area contributed by atoms with Crippen LogP contribution in [0.4, 0.5) is 10.2 Å². The van der Waals surface area contributed by atoms with Crippen LogP contribution in [0.2, 0.25) is 0 Å². The summed E-state index contributed by atoms with van der Waals surface area (Å²) in [6, 6.07) is 13.4. The number of nitrogens with zero attached hydrogens (tertiary/aromatic N) is 4. The summed E-state index contributed by atoms with van der Waals surface area (Å²) in [5, 5.41) is 0. The van der Waals surface area contributed by atoms with E-state index in [1.807, 2.05) is 6.07 Å². The highest BCUT2D eigenvalue weighted by atomic mass is 19.1. The van der Waals surface area contributed by atoms with Gasteiger partial charge in [-0.05, 0) is 54.3 Å². The van der Waals surface area contributed by atoms with E-state index in [0.29, 0.717) is 47.1 Å². The second kappa shape index (κ2) is 7.37. The number of carbonyl (C=O) groups is 1. The first-order valence-corrected chi connectivity index (χ1v) is 10.4. The molecule has 0 atom stereocenters. The van der Waals surface area contributed by atoms with Crippen molar-refractivity contribution in [2.75, 3.05) is 5.73 Å². The molecule has 1 aliphatic carbocycles. The summed E-state index contributed by atoms with van der Waals surface area (Å²) in [6.45, 7) is 4.13. The Morgan fingerprint density at radius 1 is 1.06 bits per heavy atom. The number of imidazole rings is 1. The van der Waals surface area contributed by atoms with Crippen LogP contribution in [0.1, 0.15) is 36.3 Å². The molecule has 32 heavy (non-hydrogen) atoms. The second-order valence-electron chi connectivity index (χ2n) is 8.86. The molecule has 5 rings (SSSR count). The quantitative estimate of drug-likeness (QED) is 0.504. The topological polar surface area (TPSA) is 86.7 Å². The summed E-state index contributed by atoms with van der Waals surface area (Å²) in [5.74, 6) is 0.551. The molecule has 0 amide bonds. The molecule has 0 saturated heterocycles. The summed E-state index contributed by atoms with van der Waals surface area (Å²) in [7, 11) is 0. The van der Waals surface area contributed by atoms with Crippen molar-refractivity contribution >= 4 is 11.6 Å². The van der Waals surface area contributed by atoms with E-state index >= 15 is 0 Å². The Morgan fingerprint density at radius 3 is 2.66 bits per heavy atom. The van der Waals surface area contributed by atoms with Crippen LogP contribution in [0.5, 0.6) is 0 Å². The predicted molar refractivity (Wildman–Crippen MR) is 121 cm³/mol. The maximum Gasteiger partial charge on any atom is 0.165 e. The standard InChI is InChI=1S/C25H22FN5O/c1-25(2)12-20-18(21(32)13-25)8-9-19(29-20)24-30-22(15-5-4-10-28-14-15)23(27)31(24)17-7-3-6-16(26)11-17/h3-11,14H,12-13,27H2,1-2H3. The molecule has 6 nitrogen and oxygen atoms in total. The fourth-order valence-corrected chi connectivity index (χ4v) is 4.26. The van der Waals surface area contributed by atoms with Gasteiger partial charge in [0.1, 0.15) is 23.0 Å². The van der Waals surface area contributed by atoms with Gasteiger partial charge in [-0.2, -0.15) is 0 Å². The molecule has 0 bridgehead atoms.